The van der Waals surface area contributed by atoms with Crippen molar-refractivity contribution in [2.75, 3.05) is 6.54 Å². The second-order valence-electron chi connectivity index (χ2n) is 8.12. The first kappa shape index (κ1) is 24.8. The Kier molecular flexibility index (Phi) is 5.70. The molecule has 5 nitrogen and oxygen atoms in total. The molecule has 13 heteroatoms. The molecule has 2 heterocycles. The van der Waals surface area contributed by atoms with Crippen molar-refractivity contribution in [2.45, 2.75) is 57.5 Å². The molecule has 2 amide bonds. The summed E-state index contributed by atoms with van der Waals surface area (Å²) in [6.07, 6.45) is -11.1. The van der Waals surface area contributed by atoms with Gasteiger partial charge in [-0.2, -0.15) is 35.1 Å². The predicted octanol–water partition coefficient (Wildman–Crippen LogP) is 4.79. The number of carbonyl (C=O) groups excluding carboxylic acids is 2. The van der Waals surface area contributed by atoms with Gasteiger partial charge in [-0.3, -0.25) is 9.59 Å². The first-order valence-corrected chi connectivity index (χ1v) is 9.61. The van der Waals surface area contributed by atoms with Gasteiger partial charge >= 0.3 is 24.2 Å². The summed E-state index contributed by atoms with van der Waals surface area (Å²) in [5.41, 5.74) is -5.22. The van der Waals surface area contributed by atoms with Gasteiger partial charge in [-0.05, 0) is 44.9 Å². The Bertz CT molecular complexity index is 1040. The van der Waals surface area contributed by atoms with Gasteiger partial charge in [0.1, 0.15) is 11.4 Å². The zero-order valence-electron chi connectivity index (χ0n) is 17.5. The van der Waals surface area contributed by atoms with Gasteiger partial charge in [0, 0.05) is 24.1 Å². The number of alkyl halides is 8. The topological polar surface area (TPSA) is 58.6 Å². The zero-order valence-corrected chi connectivity index (χ0v) is 17.5. The highest BCUT2D eigenvalue weighted by Crippen LogP contribution is 2.50. The summed E-state index contributed by atoms with van der Waals surface area (Å²) in [6, 6.07) is 1.35. The number of rotatable bonds is 3. The van der Waals surface area contributed by atoms with E-state index < -0.39 is 63.8 Å². The van der Waals surface area contributed by atoms with E-state index in [0.29, 0.717) is 6.07 Å². The van der Waals surface area contributed by atoms with E-state index in [1.165, 1.54) is 13.8 Å². The first-order chi connectivity index (χ1) is 14.9. The summed E-state index contributed by atoms with van der Waals surface area (Å²) in [6.45, 7) is 3.39. The molecule has 0 unspecified atom stereocenters. The van der Waals surface area contributed by atoms with Crippen molar-refractivity contribution < 1.29 is 49.4 Å². The number of hydrogen-bond donors (Lipinski definition) is 1. The van der Waals surface area contributed by atoms with E-state index in [0.717, 1.165) is 17.9 Å². The van der Waals surface area contributed by atoms with Crippen LogP contribution in [0, 0.1) is 6.92 Å². The molecule has 0 atom stereocenters. The molecule has 1 N–H and O–H groups in total. The van der Waals surface area contributed by atoms with Crippen LogP contribution in [0.25, 0.3) is 5.70 Å². The third-order valence-electron chi connectivity index (χ3n) is 5.40. The summed E-state index contributed by atoms with van der Waals surface area (Å²) in [4.78, 5) is 25.2. The van der Waals surface area contributed by atoms with Gasteiger partial charge in [0.2, 0.25) is 5.91 Å². The normalized spacial score (nSPS) is 18.9. The molecule has 0 bridgehead atoms. The Labute approximate surface area is 182 Å². The van der Waals surface area contributed by atoms with E-state index in [1.54, 1.807) is 5.32 Å². The lowest BCUT2D eigenvalue weighted by molar-refractivity contribution is -0.289. The minimum Gasteiger partial charge on any atom is -0.481 e. The number of amides is 2. The van der Waals surface area contributed by atoms with Crippen molar-refractivity contribution in [1.29, 1.82) is 0 Å². The minimum absolute atomic E-state index is 0.0297. The number of fused-ring (bicyclic) bond motifs is 1. The molecule has 0 aromatic heterocycles. The van der Waals surface area contributed by atoms with Crippen LogP contribution in [0.15, 0.2) is 17.8 Å². The summed E-state index contributed by atoms with van der Waals surface area (Å²) in [5.74, 6) is -8.54. The maximum Gasteiger partial charge on any atom is 0.471 e. The molecule has 2 aliphatic rings. The van der Waals surface area contributed by atoms with Gasteiger partial charge in [0.25, 0.3) is 0 Å². The van der Waals surface area contributed by atoms with Gasteiger partial charge in [0.15, 0.2) is 0 Å². The molecule has 1 aromatic rings. The van der Waals surface area contributed by atoms with E-state index in [-0.39, 0.29) is 25.1 Å². The largest absolute Gasteiger partial charge is 0.481 e. The quantitative estimate of drug-likeness (QED) is 0.626. The van der Waals surface area contributed by atoms with Gasteiger partial charge in [0.05, 0.1) is 11.4 Å². The van der Waals surface area contributed by atoms with Crippen LogP contribution in [0.2, 0.25) is 0 Å². The number of benzene rings is 1. The molecule has 0 spiro atoms. The van der Waals surface area contributed by atoms with Crippen molar-refractivity contribution in [3.63, 3.8) is 0 Å². The fourth-order valence-corrected chi connectivity index (χ4v) is 3.84. The van der Waals surface area contributed by atoms with Crippen LogP contribution in [-0.4, -0.2) is 41.2 Å². The lowest BCUT2D eigenvalue weighted by atomic mass is 9.88. The van der Waals surface area contributed by atoms with Crippen LogP contribution in [0.1, 0.15) is 43.4 Å². The summed E-state index contributed by atoms with van der Waals surface area (Å²) in [7, 11) is 0. The maximum absolute atomic E-state index is 14.2. The van der Waals surface area contributed by atoms with Crippen molar-refractivity contribution in [3.8, 4) is 5.75 Å². The number of ether oxygens (including phenoxy) is 1. The average Bonchev–Trinajstić information content (AvgIpc) is 3.06. The van der Waals surface area contributed by atoms with Crippen molar-refractivity contribution in [2.24, 2.45) is 0 Å². The molecule has 2 aliphatic heterocycles. The molecule has 33 heavy (non-hydrogen) atoms. The van der Waals surface area contributed by atoms with E-state index in [4.69, 9.17) is 4.74 Å². The molecule has 1 fully saturated rings. The van der Waals surface area contributed by atoms with E-state index in [2.05, 4.69) is 0 Å². The second-order valence-corrected chi connectivity index (χ2v) is 8.12. The average molecular weight is 486 g/mol. The van der Waals surface area contributed by atoms with Crippen LogP contribution in [0.4, 0.5) is 35.1 Å². The van der Waals surface area contributed by atoms with E-state index >= 15 is 0 Å². The molecule has 182 valence electrons. The summed E-state index contributed by atoms with van der Waals surface area (Å²) >= 11 is 0. The van der Waals surface area contributed by atoms with Crippen molar-refractivity contribution >= 4 is 17.5 Å². The van der Waals surface area contributed by atoms with E-state index in [9.17, 15) is 44.7 Å². The Balaban J connectivity index is 2.35. The monoisotopic (exact) mass is 486 g/mol. The lowest BCUT2D eigenvalue weighted by Crippen LogP contribution is -2.49. The SMILES string of the molecule is Cc1c(C(F)(F)C(F)(F)F)ccc2c1C(N1CCCC1=O)=C(NC(=O)C(F)(F)F)C(C)(C)O2. The van der Waals surface area contributed by atoms with Gasteiger partial charge in [-0.15, -0.1) is 0 Å². The molecule has 0 saturated carbocycles. The molecular formula is C20H18F8N2O3. The number of likely N-dealkylation sites (tertiary alicyclic amines) is 1. The third-order valence-corrected chi connectivity index (χ3v) is 5.40. The predicted molar refractivity (Wildman–Crippen MR) is 97.9 cm³/mol. The van der Waals surface area contributed by atoms with Crippen LogP contribution in [0.3, 0.4) is 0 Å². The maximum atomic E-state index is 14.2. The highest BCUT2D eigenvalue weighted by atomic mass is 19.4. The van der Waals surface area contributed by atoms with Gasteiger partial charge in [-0.25, -0.2) is 0 Å². The lowest BCUT2D eigenvalue weighted by Gasteiger charge is -2.40. The Morgan fingerprint density at radius 1 is 1.09 bits per heavy atom. The molecule has 0 aliphatic carbocycles. The third kappa shape index (κ3) is 4.12. The summed E-state index contributed by atoms with van der Waals surface area (Å²) < 4.78 is 112. The standard InChI is InChI=1S/C20H18F8N2O3/c1-9-10(18(21,22)20(26,27)28)6-7-11-13(9)14(30-8-4-5-12(30)31)15(17(2,3)33-11)29-16(32)19(23,24)25/h6-7H,4-5,8H2,1-3H3,(H,29,32). The molecule has 1 aromatic carbocycles. The minimum atomic E-state index is -5.96. The first-order valence-electron chi connectivity index (χ1n) is 9.61. The molecule has 0 radical (unpaired) electrons. The van der Waals surface area contributed by atoms with E-state index in [1.807, 2.05) is 0 Å². The Morgan fingerprint density at radius 2 is 1.70 bits per heavy atom. The van der Waals surface area contributed by atoms with Crippen molar-refractivity contribution in [1.82, 2.24) is 10.2 Å². The number of nitrogens with zero attached hydrogens (tertiary/aromatic N) is 1. The molecular weight excluding hydrogens is 468 g/mol. The number of hydrogen-bond acceptors (Lipinski definition) is 3. The fourth-order valence-electron chi connectivity index (χ4n) is 3.84. The number of nitrogens with one attached hydrogen (secondary N) is 1. The van der Waals surface area contributed by atoms with Crippen molar-refractivity contribution in [3.05, 3.63) is 34.5 Å². The van der Waals surface area contributed by atoms with Crippen LogP contribution < -0.4 is 10.1 Å². The smallest absolute Gasteiger partial charge is 0.471 e. The zero-order chi connectivity index (χ0) is 25.1. The van der Waals surface area contributed by atoms with Gasteiger partial charge in [-0.1, -0.05) is 0 Å². The highest BCUT2D eigenvalue weighted by molar-refractivity contribution is 5.94. The van der Waals surface area contributed by atoms with Crippen LogP contribution >= 0.6 is 0 Å². The second kappa shape index (κ2) is 7.59. The Hall–Kier alpha value is -2.86. The van der Waals surface area contributed by atoms with Crippen LogP contribution in [0.5, 0.6) is 5.75 Å². The number of halogens is 8. The summed E-state index contributed by atoms with van der Waals surface area (Å²) in [5, 5.41) is 1.64. The number of carbonyl (C=O) groups is 2. The fraction of sp³-hybridized carbons (Fsp3) is 0.500. The molecule has 1 saturated heterocycles. The highest BCUT2D eigenvalue weighted by Gasteiger charge is 2.60. The van der Waals surface area contributed by atoms with Crippen LogP contribution in [-0.2, 0) is 15.5 Å². The molecule has 3 rings (SSSR count). The van der Waals surface area contributed by atoms with Gasteiger partial charge < -0.3 is 15.0 Å². The Morgan fingerprint density at radius 3 is 2.18 bits per heavy atom.